The summed E-state index contributed by atoms with van der Waals surface area (Å²) >= 11 is 0. The SMILES string of the molecule is CNc1cc2c(N[C@H](C)c3cc(N)cc(C(F)(F)F)c3)nc(C)nc2cc1C(=O)N1CCN(C)CC1. The van der Waals surface area contributed by atoms with E-state index in [-0.39, 0.29) is 11.6 Å². The fourth-order valence-corrected chi connectivity index (χ4v) is 4.34. The molecule has 2 heterocycles. The molecular weight excluding hydrogens is 471 g/mol. The number of fused-ring (bicyclic) bond motifs is 1. The Morgan fingerprint density at radius 1 is 1.08 bits per heavy atom. The Bertz CT molecular complexity index is 1290. The number of hydrogen-bond acceptors (Lipinski definition) is 7. The molecular formula is C25H30F3N7O. The number of piperazine rings is 1. The molecule has 1 amide bonds. The lowest BCUT2D eigenvalue weighted by atomic mass is 10.0. The van der Waals surface area contributed by atoms with Crippen LogP contribution in [0.4, 0.5) is 30.4 Å². The Balaban J connectivity index is 1.70. The first kappa shape index (κ1) is 25.5. The Kier molecular flexibility index (Phi) is 6.94. The maximum absolute atomic E-state index is 13.3. The van der Waals surface area contributed by atoms with E-state index in [2.05, 4.69) is 25.5 Å². The van der Waals surface area contributed by atoms with Crippen molar-refractivity contribution in [2.24, 2.45) is 0 Å². The van der Waals surface area contributed by atoms with Crippen LogP contribution in [0.5, 0.6) is 0 Å². The molecule has 0 spiro atoms. The number of amides is 1. The van der Waals surface area contributed by atoms with Crippen molar-refractivity contribution in [3.8, 4) is 0 Å². The highest BCUT2D eigenvalue weighted by molar-refractivity contribution is 6.05. The first-order valence-electron chi connectivity index (χ1n) is 11.7. The predicted octanol–water partition coefficient (Wildman–Crippen LogP) is 4.14. The van der Waals surface area contributed by atoms with Crippen LogP contribution < -0.4 is 16.4 Å². The molecule has 0 aliphatic carbocycles. The Labute approximate surface area is 207 Å². The number of halogens is 3. The number of nitrogens with zero attached hydrogens (tertiary/aromatic N) is 4. The van der Waals surface area contributed by atoms with Crippen LogP contribution in [0.1, 0.15) is 40.3 Å². The minimum atomic E-state index is -4.50. The molecule has 4 rings (SSSR count). The summed E-state index contributed by atoms with van der Waals surface area (Å²) < 4.78 is 39.9. The largest absolute Gasteiger partial charge is 0.416 e. The number of nitrogens with one attached hydrogen (secondary N) is 2. The van der Waals surface area contributed by atoms with Crippen molar-refractivity contribution in [1.29, 1.82) is 0 Å². The van der Waals surface area contributed by atoms with Gasteiger partial charge in [-0.2, -0.15) is 13.2 Å². The van der Waals surface area contributed by atoms with Crippen molar-refractivity contribution in [3.63, 3.8) is 0 Å². The van der Waals surface area contributed by atoms with E-state index >= 15 is 0 Å². The van der Waals surface area contributed by atoms with Gasteiger partial charge in [-0.15, -0.1) is 0 Å². The molecule has 0 saturated carbocycles. The lowest BCUT2D eigenvalue weighted by molar-refractivity contribution is -0.137. The first-order valence-corrected chi connectivity index (χ1v) is 11.7. The maximum atomic E-state index is 13.3. The summed E-state index contributed by atoms with van der Waals surface area (Å²) in [5.41, 5.74) is 7.06. The van der Waals surface area contributed by atoms with Crippen LogP contribution in [0.25, 0.3) is 10.9 Å². The standard InChI is InChI=1S/C25H30F3N7O/c1-14(16-9-17(25(26,27)28)11-18(29)10-16)31-23-19-12-21(30-3)20(13-22(19)32-15(2)33-23)24(36)35-7-5-34(4)6-8-35/h9-14,30H,5-8,29H2,1-4H3,(H,31,32,33)/t14-/m1/s1. The quantitative estimate of drug-likeness (QED) is 0.452. The zero-order chi connectivity index (χ0) is 26.2. The van der Waals surface area contributed by atoms with Crippen molar-refractivity contribution < 1.29 is 18.0 Å². The number of aryl methyl sites for hydroxylation is 1. The molecule has 1 aliphatic heterocycles. The van der Waals surface area contributed by atoms with Crippen LogP contribution in [-0.2, 0) is 6.18 Å². The van der Waals surface area contributed by atoms with Crippen LogP contribution in [0.15, 0.2) is 30.3 Å². The van der Waals surface area contributed by atoms with E-state index < -0.39 is 17.8 Å². The number of aromatic nitrogens is 2. The molecule has 1 atom stereocenters. The summed E-state index contributed by atoms with van der Waals surface area (Å²) in [7, 11) is 3.76. The lowest BCUT2D eigenvalue weighted by Gasteiger charge is -2.32. The average molecular weight is 502 g/mol. The van der Waals surface area contributed by atoms with Gasteiger partial charge in [-0.3, -0.25) is 4.79 Å². The summed E-state index contributed by atoms with van der Waals surface area (Å²) in [5, 5.41) is 6.95. The van der Waals surface area contributed by atoms with Crippen LogP contribution in [-0.4, -0.2) is 65.9 Å². The highest BCUT2D eigenvalue weighted by Crippen LogP contribution is 2.34. The van der Waals surface area contributed by atoms with Gasteiger partial charge in [0.2, 0.25) is 0 Å². The Morgan fingerprint density at radius 2 is 1.78 bits per heavy atom. The molecule has 0 radical (unpaired) electrons. The molecule has 0 unspecified atom stereocenters. The van der Waals surface area contributed by atoms with Crippen molar-refractivity contribution in [1.82, 2.24) is 19.8 Å². The van der Waals surface area contributed by atoms with Gasteiger partial charge in [0.25, 0.3) is 5.91 Å². The molecule has 192 valence electrons. The topological polar surface area (TPSA) is 99.4 Å². The Hall–Kier alpha value is -3.60. The number of nitrogen functional groups attached to an aromatic ring is 1. The minimum absolute atomic E-state index is 0.0294. The van der Waals surface area contributed by atoms with Gasteiger partial charge >= 0.3 is 6.18 Å². The fourth-order valence-electron chi connectivity index (χ4n) is 4.34. The normalized spacial score (nSPS) is 15.7. The van der Waals surface area contributed by atoms with Crippen LogP contribution in [0, 0.1) is 6.92 Å². The van der Waals surface area contributed by atoms with Crippen molar-refractivity contribution in [2.45, 2.75) is 26.1 Å². The van der Waals surface area contributed by atoms with Gasteiger partial charge in [-0.25, -0.2) is 9.97 Å². The first-order chi connectivity index (χ1) is 17.0. The van der Waals surface area contributed by atoms with Gasteiger partial charge in [0, 0.05) is 50.0 Å². The summed E-state index contributed by atoms with van der Waals surface area (Å²) in [6, 6.07) is 6.52. The number of nitrogens with two attached hydrogens (primary N) is 1. The second-order valence-corrected chi connectivity index (χ2v) is 9.13. The zero-order valence-electron chi connectivity index (χ0n) is 20.7. The number of anilines is 3. The number of benzene rings is 2. The van der Waals surface area contributed by atoms with Gasteiger partial charge in [0.15, 0.2) is 0 Å². The van der Waals surface area contributed by atoms with Gasteiger partial charge in [0.1, 0.15) is 11.6 Å². The average Bonchev–Trinajstić information content (AvgIpc) is 2.82. The monoisotopic (exact) mass is 501 g/mol. The van der Waals surface area contributed by atoms with E-state index in [4.69, 9.17) is 5.73 Å². The number of carbonyl (C=O) groups is 1. The van der Waals surface area contributed by atoms with Crippen LogP contribution in [0.2, 0.25) is 0 Å². The smallest absolute Gasteiger partial charge is 0.399 e. The summed E-state index contributed by atoms with van der Waals surface area (Å²) in [4.78, 5) is 26.3. The third-order valence-electron chi connectivity index (χ3n) is 6.40. The van der Waals surface area contributed by atoms with Crippen molar-refractivity contribution in [2.75, 3.05) is 56.6 Å². The number of carbonyl (C=O) groups excluding carboxylic acids is 1. The van der Waals surface area contributed by atoms with E-state index in [1.807, 2.05) is 11.9 Å². The molecule has 1 aromatic heterocycles. The molecule has 4 N–H and O–H groups in total. The third-order valence-corrected chi connectivity index (χ3v) is 6.40. The number of alkyl halides is 3. The second kappa shape index (κ2) is 9.81. The van der Waals surface area contributed by atoms with Gasteiger partial charge < -0.3 is 26.2 Å². The minimum Gasteiger partial charge on any atom is -0.399 e. The van der Waals surface area contributed by atoms with E-state index in [9.17, 15) is 18.0 Å². The predicted molar refractivity (Wildman–Crippen MR) is 135 cm³/mol. The lowest BCUT2D eigenvalue weighted by Crippen LogP contribution is -2.47. The van der Waals surface area contributed by atoms with E-state index in [1.54, 1.807) is 33.0 Å². The molecule has 11 heteroatoms. The van der Waals surface area contributed by atoms with E-state index in [1.165, 1.54) is 6.07 Å². The maximum Gasteiger partial charge on any atom is 0.416 e. The summed E-state index contributed by atoms with van der Waals surface area (Å²) in [5.74, 6) is 0.847. The molecule has 3 aromatic rings. The van der Waals surface area contributed by atoms with Gasteiger partial charge in [0.05, 0.1) is 22.7 Å². The molecule has 2 aromatic carbocycles. The van der Waals surface area contributed by atoms with E-state index in [0.717, 1.165) is 25.2 Å². The number of hydrogen-bond donors (Lipinski definition) is 3. The highest BCUT2D eigenvalue weighted by Gasteiger charge is 2.31. The zero-order valence-corrected chi connectivity index (χ0v) is 20.7. The molecule has 0 bridgehead atoms. The van der Waals surface area contributed by atoms with Crippen molar-refractivity contribution in [3.05, 3.63) is 52.8 Å². The molecule has 8 nitrogen and oxygen atoms in total. The molecule has 1 aliphatic rings. The number of likely N-dealkylation sites (N-methyl/N-ethyl adjacent to an activating group) is 1. The summed E-state index contributed by atoms with van der Waals surface area (Å²) in [6.45, 7) is 6.37. The molecule has 1 fully saturated rings. The van der Waals surface area contributed by atoms with Crippen LogP contribution >= 0.6 is 0 Å². The molecule has 36 heavy (non-hydrogen) atoms. The van der Waals surface area contributed by atoms with Gasteiger partial charge in [-0.05, 0) is 56.8 Å². The summed E-state index contributed by atoms with van der Waals surface area (Å²) in [6.07, 6.45) is -4.50. The highest BCUT2D eigenvalue weighted by atomic mass is 19.4. The molecule has 1 saturated heterocycles. The Morgan fingerprint density at radius 3 is 2.42 bits per heavy atom. The number of rotatable bonds is 5. The van der Waals surface area contributed by atoms with Gasteiger partial charge in [-0.1, -0.05) is 0 Å². The van der Waals surface area contributed by atoms with Crippen molar-refractivity contribution >= 4 is 34.0 Å². The fraction of sp³-hybridized carbons (Fsp3) is 0.400. The second-order valence-electron chi connectivity index (χ2n) is 9.13. The van der Waals surface area contributed by atoms with E-state index in [0.29, 0.717) is 52.4 Å². The third kappa shape index (κ3) is 5.30. The van der Waals surface area contributed by atoms with Crippen LogP contribution in [0.3, 0.4) is 0 Å².